The first-order chi connectivity index (χ1) is 11.2. The van der Waals surface area contributed by atoms with Crippen LogP contribution < -0.4 is 5.32 Å². The van der Waals surface area contributed by atoms with E-state index in [4.69, 9.17) is 16.3 Å². The number of halogens is 1. The minimum atomic E-state index is 0.198. The number of nitrogens with one attached hydrogen (secondary N) is 1. The molecule has 0 bridgehead atoms. The van der Waals surface area contributed by atoms with Gasteiger partial charge in [0, 0.05) is 39.2 Å². The molecule has 1 aliphatic rings. The fraction of sp³-hybridized carbons (Fsp3) is 0.625. The lowest BCUT2D eigenvalue weighted by Crippen LogP contribution is -2.34. The summed E-state index contributed by atoms with van der Waals surface area (Å²) in [6, 6.07) is 0.198. The molecule has 0 aromatic carbocycles. The highest BCUT2D eigenvalue weighted by Gasteiger charge is 2.28. The summed E-state index contributed by atoms with van der Waals surface area (Å²) in [5.41, 5.74) is 0. The molecule has 0 unspecified atom stereocenters. The molecule has 1 fully saturated rings. The largest absolute Gasteiger partial charge is 0.381 e. The number of imidazole rings is 2. The zero-order valence-corrected chi connectivity index (χ0v) is 14.5. The van der Waals surface area contributed by atoms with Gasteiger partial charge in [-0.3, -0.25) is 0 Å². The van der Waals surface area contributed by atoms with E-state index in [9.17, 15) is 0 Å². The summed E-state index contributed by atoms with van der Waals surface area (Å²) < 4.78 is 9.63. The Balaban J connectivity index is 1.78. The molecular weight excluding hydrogens is 314 g/mol. The van der Waals surface area contributed by atoms with Crippen LogP contribution in [0.5, 0.6) is 0 Å². The number of hydrogen-bond acceptors (Lipinski definition) is 4. The predicted molar refractivity (Wildman–Crippen MR) is 89.2 cm³/mol. The Labute approximate surface area is 141 Å². The van der Waals surface area contributed by atoms with Gasteiger partial charge in [-0.25, -0.2) is 9.97 Å². The number of nitrogens with zero attached hydrogens (tertiary/aromatic N) is 4. The van der Waals surface area contributed by atoms with E-state index in [2.05, 4.69) is 26.8 Å². The Morgan fingerprint density at radius 1 is 1.39 bits per heavy atom. The maximum absolute atomic E-state index is 6.08. The fourth-order valence-corrected chi connectivity index (χ4v) is 3.32. The van der Waals surface area contributed by atoms with Crippen LogP contribution in [-0.4, -0.2) is 32.3 Å². The highest BCUT2D eigenvalue weighted by molar-refractivity contribution is 6.29. The molecule has 7 heteroatoms. The highest BCUT2D eigenvalue weighted by atomic mass is 35.5. The molecule has 23 heavy (non-hydrogen) atoms. The Morgan fingerprint density at radius 3 is 2.83 bits per heavy atom. The Bertz CT molecular complexity index is 632. The van der Waals surface area contributed by atoms with E-state index in [0.717, 1.165) is 44.2 Å². The van der Waals surface area contributed by atoms with E-state index in [0.29, 0.717) is 17.6 Å². The number of aryl methyl sites for hydroxylation is 1. The second kappa shape index (κ2) is 7.47. The second-order valence-electron chi connectivity index (χ2n) is 5.94. The summed E-state index contributed by atoms with van der Waals surface area (Å²) in [5.74, 6) is 2.55. The third-order valence-electron chi connectivity index (χ3n) is 4.61. The van der Waals surface area contributed by atoms with Gasteiger partial charge in [0.2, 0.25) is 0 Å². The molecule has 126 valence electrons. The molecule has 3 heterocycles. The number of aromatic nitrogens is 4. The third-order valence-corrected chi connectivity index (χ3v) is 4.96. The van der Waals surface area contributed by atoms with Crippen molar-refractivity contribution >= 4 is 11.6 Å². The molecule has 0 spiro atoms. The van der Waals surface area contributed by atoms with Gasteiger partial charge in [0.1, 0.15) is 16.8 Å². The lowest BCUT2D eigenvalue weighted by Gasteiger charge is -2.31. The topological polar surface area (TPSA) is 56.9 Å². The maximum Gasteiger partial charge on any atom is 0.128 e. The first kappa shape index (κ1) is 16.5. The normalized spacial score (nSPS) is 17.5. The predicted octanol–water partition coefficient (Wildman–Crippen LogP) is 2.55. The fourth-order valence-electron chi connectivity index (χ4n) is 3.17. The molecule has 1 aliphatic heterocycles. The Morgan fingerprint density at radius 2 is 2.17 bits per heavy atom. The summed E-state index contributed by atoms with van der Waals surface area (Å²) in [4.78, 5) is 8.98. The van der Waals surface area contributed by atoms with E-state index in [1.165, 1.54) is 0 Å². The monoisotopic (exact) mass is 337 g/mol. The summed E-state index contributed by atoms with van der Waals surface area (Å²) in [7, 11) is 1.93. The first-order valence-electron chi connectivity index (χ1n) is 8.19. The average Bonchev–Trinajstić information content (AvgIpc) is 3.17. The van der Waals surface area contributed by atoms with Gasteiger partial charge < -0.3 is 19.2 Å². The lowest BCUT2D eigenvalue weighted by atomic mass is 9.91. The van der Waals surface area contributed by atoms with Gasteiger partial charge in [-0.15, -0.1) is 0 Å². The van der Waals surface area contributed by atoms with Gasteiger partial charge in [-0.2, -0.15) is 0 Å². The molecule has 1 saturated heterocycles. The van der Waals surface area contributed by atoms with Crippen molar-refractivity contribution in [2.24, 2.45) is 13.0 Å². The zero-order valence-electron chi connectivity index (χ0n) is 13.7. The molecule has 2 aromatic heterocycles. The van der Waals surface area contributed by atoms with Crippen molar-refractivity contribution in [3.63, 3.8) is 0 Å². The van der Waals surface area contributed by atoms with Crippen molar-refractivity contribution in [1.82, 2.24) is 24.4 Å². The van der Waals surface area contributed by atoms with E-state index in [1.54, 1.807) is 6.20 Å². The molecular formula is C16H24ClN5O. The minimum Gasteiger partial charge on any atom is -0.381 e. The van der Waals surface area contributed by atoms with Crippen molar-refractivity contribution in [1.29, 1.82) is 0 Å². The summed E-state index contributed by atoms with van der Waals surface area (Å²) >= 11 is 6.08. The quantitative estimate of drug-likeness (QED) is 0.880. The zero-order chi connectivity index (χ0) is 16.2. The van der Waals surface area contributed by atoms with Crippen LogP contribution >= 0.6 is 11.6 Å². The summed E-state index contributed by atoms with van der Waals surface area (Å²) in [6.07, 6.45) is 7.71. The number of ether oxygens (including phenoxy) is 1. The minimum absolute atomic E-state index is 0.198. The first-order valence-corrected chi connectivity index (χ1v) is 8.56. The maximum atomic E-state index is 6.08. The van der Waals surface area contributed by atoms with Gasteiger partial charge in [0.05, 0.1) is 18.8 Å². The highest BCUT2D eigenvalue weighted by Crippen LogP contribution is 2.29. The van der Waals surface area contributed by atoms with Crippen molar-refractivity contribution in [2.75, 3.05) is 13.2 Å². The SMILES string of the molecule is CCn1ccnc1[C@@H](NCc1ncc(Cl)n1C)C1CCOCC1. The van der Waals surface area contributed by atoms with Crippen LogP contribution in [0.15, 0.2) is 18.6 Å². The van der Waals surface area contributed by atoms with Crippen LogP contribution in [0.4, 0.5) is 0 Å². The van der Waals surface area contributed by atoms with Crippen molar-refractivity contribution in [3.05, 3.63) is 35.4 Å². The Kier molecular flexibility index (Phi) is 5.35. The van der Waals surface area contributed by atoms with Crippen molar-refractivity contribution in [2.45, 2.75) is 38.9 Å². The number of hydrogen-bond donors (Lipinski definition) is 1. The van der Waals surface area contributed by atoms with Crippen molar-refractivity contribution in [3.8, 4) is 0 Å². The van der Waals surface area contributed by atoms with Gasteiger partial charge in [-0.05, 0) is 25.7 Å². The third kappa shape index (κ3) is 3.59. The van der Waals surface area contributed by atoms with Crippen LogP contribution in [-0.2, 0) is 24.9 Å². The molecule has 0 saturated carbocycles. The summed E-state index contributed by atoms with van der Waals surface area (Å²) in [5, 5.41) is 4.31. The van der Waals surface area contributed by atoms with Crippen LogP contribution in [0.3, 0.4) is 0 Å². The molecule has 0 radical (unpaired) electrons. The molecule has 1 atom stereocenters. The van der Waals surface area contributed by atoms with Crippen LogP contribution in [0, 0.1) is 5.92 Å². The van der Waals surface area contributed by atoms with Crippen molar-refractivity contribution < 1.29 is 4.74 Å². The molecule has 1 N–H and O–H groups in total. The van der Waals surface area contributed by atoms with Gasteiger partial charge >= 0.3 is 0 Å². The van der Waals surface area contributed by atoms with Gasteiger partial charge in [0.15, 0.2) is 0 Å². The van der Waals surface area contributed by atoms with Gasteiger partial charge in [-0.1, -0.05) is 11.6 Å². The molecule has 0 aliphatic carbocycles. The molecule has 0 amide bonds. The van der Waals surface area contributed by atoms with Crippen LogP contribution in [0.1, 0.15) is 37.5 Å². The van der Waals surface area contributed by atoms with Crippen LogP contribution in [0.2, 0.25) is 5.15 Å². The van der Waals surface area contributed by atoms with Gasteiger partial charge in [0.25, 0.3) is 0 Å². The van der Waals surface area contributed by atoms with Crippen LogP contribution in [0.25, 0.3) is 0 Å². The van der Waals surface area contributed by atoms with E-state index in [1.807, 2.05) is 24.0 Å². The molecule has 3 rings (SSSR count). The smallest absolute Gasteiger partial charge is 0.128 e. The Hall–Kier alpha value is -1.37. The van der Waals surface area contributed by atoms with E-state index >= 15 is 0 Å². The summed E-state index contributed by atoms with van der Waals surface area (Å²) in [6.45, 7) is 5.38. The van der Waals surface area contributed by atoms with E-state index < -0.39 is 0 Å². The van der Waals surface area contributed by atoms with E-state index in [-0.39, 0.29) is 6.04 Å². The standard InChI is InChI=1S/C16H24ClN5O/c1-3-22-7-6-18-16(22)15(12-4-8-23-9-5-12)20-11-14-19-10-13(17)21(14)2/h6-7,10,12,15,20H,3-5,8-9,11H2,1-2H3/t15-/m0/s1. The number of rotatable bonds is 6. The lowest BCUT2D eigenvalue weighted by molar-refractivity contribution is 0.0515. The molecule has 2 aromatic rings. The second-order valence-corrected chi connectivity index (χ2v) is 6.32. The average molecular weight is 338 g/mol. The molecule has 6 nitrogen and oxygen atoms in total.